The Morgan fingerprint density at radius 3 is 2.17 bits per heavy atom. The van der Waals surface area contributed by atoms with Crippen LogP contribution in [0.5, 0.6) is 0 Å². The van der Waals surface area contributed by atoms with Gasteiger partial charge in [-0.1, -0.05) is 85.6 Å². The summed E-state index contributed by atoms with van der Waals surface area (Å²) in [5, 5.41) is 9.84. The molecule has 2 atom stereocenters. The summed E-state index contributed by atoms with van der Waals surface area (Å²) in [6.07, 6.45) is 6.37. The van der Waals surface area contributed by atoms with E-state index in [4.69, 9.17) is 14.1 Å². The van der Waals surface area contributed by atoms with Crippen LogP contribution in [-0.2, 0) is 26.6 Å². The first kappa shape index (κ1) is 30.5. The number of hydrogen-bond acceptors (Lipinski definition) is 4. The van der Waals surface area contributed by atoms with Gasteiger partial charge in [0.25, 0.3) is 0 Å². The predicted octanol–water partition coefficient (Wildman–Crippen LogP) is 9.93. The van der Waals surface area contributed by atoms with Gasteiger partial charge in [0.1, 0.15) is 6.10 Å². The molecule has 1 aromatic heterocycles. The van der Waals surface area contributed by atoms with Gasteiger partial charge in [-0.15, -0.1) is 0 Å². The van der Waals surface area contributed by atoms with Crippen LogP contribution < -0.4 is 0 Å². The van der Waals surface area contributed by atoms with E-state index < -0.39 is 13.7 Å². The first-order valence-electron chi connectivity index (χ1n) is 15.9. The molecule has 5 rings (SSSR count). The Labute approximate surface area is 250 Å². The number of pyridine rings is 1. The third-order valence-electron chi connectivity index (χ3n) is 10.6. The van der Waals surface area contributed by atoms with Crippen LogP contribution in [-0.4, -0.2) is 13.3 Å². The minimum Gasteiger partial charge on any atom is -0.410 e. The first-order chi connectivity index (χ1) is 18.9. The Kier molecular flexibility index (Phi) is 7.45. The van der Waals surface area contributed by atoms with E-state index in [0.717, 1.165) is 36.8 Å². The highest BCUT2D eigenvalue weighted by atomic mass is 28.4. The van der Waals surface area contributed by atoms with Crippen molar-refractivity contribution in [1.29, 1.82) is 5.26 Å². The van der Waals surface area contributed by atoms with Gasteiger partial charge in [-0.05, 0) is 85.7 Å². The minimum atomic E-state index is -2.05. The quantitative estimate of drug-likeness (QED) is 0.335. The van der Waals surface area contributed by atoms with Crippen molar-refractivity contribution >= 4 is 8.32 Å². The summed E-state index contributed by atoms with van der Waals surface area (Å²) >= 11 is 0. The zero-order valence-corrected chi connectivity index (χ0v) is 28.5. The molecular weight excluding hydrogens is 520 g/mol. The van der Waals surface area contributed by atoms with Gasteiger partial charge in [0, 0.05) is 22.5 Å². The summed E-state index contributed by atoms with van der Waals surface area (Å²) in [5.74, 6) is 0.290. The molecule has 1 fully saturated rings. The second kappa shape index (κ2) is 10.0. The van der Waals surface area contributed by atoms with Gasteiger partial charge in [0.05, 0.1) is 23.2 Å². The van der Waals surface area contributed by atoms with E-state index in [1.807, 2.05) is 13.8 Å². The summed E-state index contributed by atoms with van der Waals surface area (Å²) in [6.45, 7) is 25.1. The van der Waals surface area contributed by atoms with Gasteiger partial charge in [0.15, 0.2) is 8.32 Å². The van der Waals surface area contributed by atoms with Crippen LogP contribution in [0.4, 0.5) is 0 Å². The first-order valence-corrected chi connectivity index (χ1v) is 18.8. The van der Waals surface area contributed by atoms with E-state index in [0.29, 0.717) is 5.92 Å². The van der Waals surface area contributed by atoms with Gasteiger partial charge in [-0.25, -0.2) is 0 Å². The number of hydrogen-bond donors (Lipinski definition) is 0. The fourth-order valence-corrected chi connectivity index (χ4v) is 8.42. The SMILES string of the molecule is CC(C)c1nc2c(c3c1C(c1ccc(C(C)(C)C#N)cc1)OC31CCCC1)C(O[Si](C)(C)C(C)(C)C)CC(C)(C)C2. The Bertz CT molecular complexity index is 1350. The zero-order valence-electron chi connectivity index (χ0n) is 27.5. The molecule has 222 valence electrons. The van der Waals surface area contributed by atoms with Crippen molar-refractivity contribution in [3.05, 3.63) is 63.5 Å². The number of rotatable bonds is 5. The topological polar surface area (TPSA) is 55.1 Å². The Morgan fingerprint density at radius 2 is 1.63 bits per heavy atom. The Hall–Kier alpha value is -2.00. The fraction of sp³-hybridized carbons (Fsp3) is 0.667. The molecule has 0 bridgehead atoms. The van der Waals surface area contributed by atoms with Gasteiger partial charge in [-0.2, -0.15) is 5.26 Å². The molecule has 4 nitrogen and oxygen atoms in total. The third kappa shape index (κ3) is 5.23. The lowest BCUT2D eigenvalue weighted by molar-refractivity contribution is -0.0579. The number of nitrogens with zero attached hydrogens (tertiary/aromatic N) is 2. The predicted molar refractivity (Wildman–Crippen MR) is 170 cm³/mol. The highest BCUT2D eigenvalue weighted by Crippen LogP contribution is 2.60. The molecule has 5 heteroatoms. The molecule has 1 spiro atoms. The molecule has 2 aliphatic carbocycles. The van der Waals surface area contributed by atoms with E-state index >= 15 is 0 Å². The van der Waals surface area contributed by atoms with Gasteiger partial charge in [0.2, 0.25) is 0 Å². The van der Waals surface area contributed by atoms with Crippen LogP contribution in [0, 0.1) is 16.7 Å². The maximum absolute atomic E-state index is 9.71. The van der Waals surface area contributed by atoms with Crippen molar-refractivity contribution in [2.45, 2.75) is 148 Å². The monoisotopic (exact) mass is 572 g/mol. The van der Waals surface area contributed by atoms with Crippen molar-refractivity contribution in [2.24, 2.45) is 5.41 Å². The highest BCUT2D eigenvalue weighted by molar-refractivity contribution is 6.74. The molecule has 1 aromatic carbocycles. The third-order valence-corrected chi connectivity index (χ3v) is 15.1. The molecule has 1 aliphatic heterocycles. The number of nitriles is 1. The van der Waals surface area contributed by atoms with Crippen LogP contribution in [0.25, 0.3) is 0 Å². The van der Waals surface area contributed by atoms with Gasteiger partial charge < -0.3 is 9.16 Å². The Morgan fingerprint density at radius 1 is 1.02 bits per heavy atom. The van der Waals surface area contributed by atoms with Crippen molar-refractivity contribution in [3.63, 3.8) is 0 Å². The summed E-state index contributed by atoms with van der Waals surface area (Å²) in [5.41, 5.74) is 8.05. The number of fused-ring (bicyclic) bond motifs is 4. The maximum atomic E-state index is 9.71. The summed E-state index contributed by atoms with van der Waals surface area (Å²) in [6, 6.07) is 11.1. The molecule has 3 aliphatic rings. The molecule has 0 saturated heterocycles. The van der Waals surface area contributed by atoms with Crippen molar-refractivity contribution in [1.82, 2.24) is 4.98 Å². The van der Waals surface area contributed by atoms with Crippen LogP contribution in [0.15, 0.2) is 24.3 Å². The molecule has 2 aromatic rings. The van der Waals surface area contributed by atoms with Gasteiger partial charge >= 0.3 is 0 Å². The average Bonchev–Trinajstić information content (AvgIpc) is 3.47. The van der Waals surface area contributed by atoms with Crippen molar-refractivity contribution < 1.29 is 9.16 Å². The lowest BCUT2D eigenvalue weighted by atomic mass is 9.70. The molecule has 0 amide bonds. The molecule has 1 saturated carbocycles. The van der Waals surface area contributed by atoms with Crippen LogP contribution in [0.2, 0.25) is 18.1 Å². The molecule has 0 N–H and O–H groups in total. The van der Waals surface area contributed by atoms with E-state index in [9.17, 15) is 5.26 Å². The maximum Gasteiger partial charge on any atom is 0.192 e. The second-order valence-electron chi connectivity index (χ2n) is 16.3. The summed E-state index contributed by atoms with van der Waals surface area (Å²) < 4.78 is 14.7. The van der Waals surface area contributed by atoms with Gasteiger partial charge in [-0.3, -0.25) is 4.98 Å². The molecule has 2 heterocycles. The largest absolute Gasteiger partial charge is 0.410 e. The smallest absolute Gasteiger partial charge is 0.192 e. The molecule has 41 heavy (non-hydrogen) atoms. The molecular formula is C36H52N2O2Si. The van der Waals surface area contributed by atoms with Crippen LogP contribution in [0.3, 0.4) is 0 Å². The number of ether oxygens (including phenoxy) is 1. The standard InChI is InChI=1S/C36H52N2O2Si/c1-23(2)31-29-30(28-26(38-31)20-34(6,7)21-27(28)40-41(10,11)33(3,4)5)36(18-12-13-19-36)39-32(29)24-14-16-25(17-15-24)35(8,9)22-37/h14-17,23,27,32H,12-13,18-21H2,1-11H3. The number of aromatic nitrogens is 1. The van der Waals surface area contributed by atoms with Crippen LogP contribution in [0.1, 0.15) is 152 Å². The number of benzene rings is 1. The summed E-state index contributed by atoms with van der Waals surface area (Å²) in [7, 11) is -2.05. The molecule has 0 radical (unpaired) electrons. The lowest BCUT2D eigenvalue weighted by Gasteiger charge is -2.45. The van der Waals surface area contributed by atoms with Crippen molar-refractivity contribution in [3.8, 4) is 6.07 Å². The van der Waals surface area contributed by atoms with E-state index in [2.05, 4.69) is 91.9 Å². The zero-order chi connectivity index (χ0) is 30.2. The lowest BCUT2D eigenvalue weighted by Crippen LogP contribution is -2.44. The Balaban J connectivity index is 1.74. The average molecular weight is 573 g/mol. The minimum absolute atomic E-state index is 0.0377. The van der Waals surface area contributed by atoms with E-state index in [1.165, 1.54) is 40.9 Å². The second-order valence-corrected chi connectivity index (χ2v) is 21.0. The normalized spacial score (nSPS) is 23.5. The highest BCUT2D eigenvalue weighted by Gasteiger charge is 2.54. The van der Waals surface area contributed by atoms with Crippen molar-refractivity contribution in [2.75, 3.05) is 0 Å². The van der Waals surface area contributed by atoms with E-state index in [1.54, 1.807) is 0 Å². The summed E-state index contributed by atoms with van der Waals surface area (Å²) in [4.78, 5) is 5.54. The van der Waals surface area contributed by atoms with Crippen LogP contribution >= 0.6 is 0 Å². The molecule has 2 unspecified atom stereocenters. The fourth-order valence-electron chi connectivity index (χ4n) is 7.15. The van der Waals surface area contributed by atoms with E-state index in [-0.39, 0.29) is 28.3 Å².